The van der Waals surface area contributed by atoms with Crippen LogP contribution >= 0.6 is 0 Å². The van der Waals surface area contributed by atoms with E-state index in [-0.39, 0.29) is 18.0 Å². The highest BCUT2D eigenvalue weighted by atomic mass is 16.2. The van der Waals surface area contributed by atoms with Gasteiger partial charge in [0.2, 0.25) is 5.91 Å². The van der Waals surface area contributed by atoms with Gasteiger partial charge in [-0.05, 0) is 19.4 Å². The van der Waals surface area contributed by atoms with Crippen molar-refractivity contribution in [2.24, 2.45) is 7.05 Å². The van der Waals surface area contributed by atoms with Gasteiger partial charge in [0.05, 0.1) is 23.1 Å². The quantitative estimate of drug-likeness (QED) is 0.790. The summed E-state index contributed by atoms with van der Waals surface area (Å²) in [5, 5.41) is 8.44. The average Bonchev–Trinajstić information content (AvgIpc) is 2.92. The number of aromatic nitrogens is 4. The number of hydrogen-bond acceptors (Lipinski definition) is 4. The molecule has 0 atom stereocenters. The van der Waals surface area contributed by atoms with Crippen molar-refractivity contribution >= 4 is 22.5 Å². The lowest BCUT2D eigenvalue weighted by Crippen LogP contribution is -2.30. The number of fused-ring (bicyclic) bond motifs is 1. The van der Waals surface area contributed by atoms with E-state index in [1.807, 2.05) is 33.0 Å². The molecule has 0 aliphatic rings. The first-order chi connectivity index (χ1) is 11.5. The molecular weight excluding hydrogens is 306 g/mol. The van der Waals surface area contributed by atoms with Gasteiger partial charge in [-0.3, -0.25) is 9.59 Å². The summed E-state index contributed by atoms with van der Waals surface area (Å²) in [7, 11) is 1.81. The molecule has 1 aromatic carbocycles. The van der Waals surface area contributed by atoms with Gasteiger partial charge in [0.15, 0.2) is 0 Å². The summed E-state index contributed by atoms with van der Waals surface area (Å²) in [6.45, 7) is 3.65. The third kappa shape index (κ3) is 2.80. The van der Waals surface area contributed by atoms with Crippen molar-refractivity contribution in [3.05, 3.63) is 52.3 Å². The van der Waals surface area contributed by atoms with Crippen LogP contribution in [0.1, 0.15) is 18.3 Å². The monoisotopic (exact) mass is 325 g/mol. The van der Waals surface area contributed by atoms with E-state index in [1.54, 1.807) is 23.0 Å². The molecule has 3 rings (SSSR count). The van der Waals surface area contributed by atoms with Crippen LogP contribution in [0.4, 0.5) is 5.82 Å². The largest absolute Gasteiger partial charge is 0.320 e. The van der Waals surface area contributed by atoms with Gasteiger partial charge in [-0.1, -0.05) is 25.1 Å². The Hall–Kier alpha value is -2.96. The van der Waals surface area contributed by atoms with Gasteiger partial charge >= 0.3 is 0 Å². The van der Waals surface area contributed by atoms with E-state index in [1.165, 1.54) is 4.68 Å². The van der Waals surface area contributed by atoms with Crippen LogP contribution in [0.15, 0.2) is 35.4 Å². The minimum Gasteiger partial charge on any atom is -0.320 e. The SMILES string of the molecule is CCc1ncn(C)c1NC(=O)Cn1nc(C)c2ccccc2c1=O. The molecule has 7 nitrogen and oxygen atoms in total. The van der Waals surface area contributed by atoms with Gasteiger partial charge in [0.1, 0.15) is 12.4 Å². The molecule has 0 bridgehead atoms. The van der Waals surface area contributed by atoms with Gasteiger partial charge in [-0.2, -0.15) is 5.10 Å². The number of carbonyl (C=O) groups excluding carboxylic acids is 1. The number of anilines is 1. The summed E-state index contributed by atoms with van der Waals surface area (Å²) in [6, 6.07) is 7.27. The molecule has 0 aliphatic heterocycles. The highest BCUT2D eigenvalue weighted by molar-refractivity contribution is 5.90. The van der Waals surface area contributed by atoms with Crippen LogP contribution in [0.25, 0.3) is 10.8 Å². The molecule has 0 spiro atoms. The zero-order chi connectivity index (χ0) is 17.3. The Labute approximate surface area is 138 Å². The zero-order valence-corrected chi connectivity index (χ0v) is 13.9. The first kappa shape index (κ1) is 15.9. The Morgan fingerprint density at radius 1 is 1.25 bits per heavy atom. The number of benzene rings is 1. The smallest absolute Gasteiger partial charge is 0.275 e. The fraction of sp³-hybridized carbons (Fsp3) is 0.294. The molecule has 0 aliphatic carbocycles. The molecule has 3 aromatic rings. The van der Waals surface area contributed by atoms with Gasteiger partial charge in [0.25, 0.3) is 5.56 Å². The number of carbonyl (C=O) groups is 1. The van der Waals surface area contributed by atoms with Crippen molar-refractivity contribution in [2.75, 3.05) is 5.32 Å². The lowest BCUT2D eigenvalue weighted by molar-refractivity contribution is -0.117. The predicted octanol–water partition coefficient (Wildman–Crippen LogP) is 1.64. The molecular formula is C17H19N5O2. The average molecular weight is 325 g/mol. The van der Waals surface area contributed by atoms with Crippen LogP contribution in [-0.2, 0) is 24.8 Å². The maximum atomic E-state index is 12.5. The van der Waals surface area contributed by atoms with Crippen LogP contribution in [0.3, 0.4) is 0 Å². The zero-order valence-electron chi connectivity index (χ0n) is 13.9. The van der Waals surface area contributed by atoms with Crippen molar-refractivity contribution in [1.29, 1.82) is 0 Å². The van der Waals surface area contributed by atoms with E-state index >= 15 is 0 Å². The third-order valence-electron chi connectivity index (χ3n) is 3.95. The fourth-order valence-corrected chi connectivity index (χ4v) is 2.72. The summed E-state index contributed by atoms with van der Waals surface area (Å²) in [6.07, 6.45) is 2.36. The van der Waals surface area contributed by atoms with Crippen LogP contribution in [0.2, 0.25) is 0 Å². The molecule has 2 heterocycles. The summed E-state index contributed by atoms with van der Waals surface area (Å²) in [4.78, 5) is 29.1. The molecule has 7 heteroatoms. The third-order valence-corrected chi connectivity index (χ3v) is 3.95. The molecule has 24 heavy (non-hydrogen) atoms. The van der Waals surface area contributed by atoms with E-state index in [0.717, 1.165) is 11.1 Å². The number of hydrogen-bond donors (Lipinski definition) is 1. The second-order valence-corrected chi connectivity index (χ2v) is 5.65. The highest BCUT2D eigenvalue weighted by Crippen LogP contribution is 2.14. The van der Waals surface area contributed by atoms with Gasteiger partial charge in [0, 0.05) is 12.4 Å². The van der Waals surface area contributed by atoms with Gasteiger partial charge in [-0.25, -0.2) is 9.67 Å². The number of aryl methyl sites for hydroxylation is 3. The molecule has 0 radical (unpaired) electrons. The molecule has 1 amide bonds. The van der Waals surface area contributed by atoms with E-state index in [4.69, 9.17) is 0 Å². The molecule has 0 saturated heterocycles. The lowest BCUT2D eigenvalue weighted by Gasteiger charge is -2.10. The molecule has 1 N–H and O–H groups in total. The summed E-state index contributed by atoms with van der Waals surface area (Å²) in [5.41, 5.74) is 1.25. The van der Waals surface area contributed by atoms with Crippen molar-refractivity contribution < 1.29 is 4.79 Å². The summed E-state index contributed by atoms with van der Waals surface area (Å²) >= 11 is 0. The number of amides is 1. The minimum atomic E-state index is -0.308. The Kier molecular flexibility index (Phi) is 4.16. The van der Waals surface area contributed by atoms with Gasteiger partial charge in [-0.15, -0.1) is 0 Å². The van der Waals surface area contributed by atoms with Crippen LogP contribution in [0.5, 0.6) is 0 Å². The molecule has 0 unspecified atom stereocenters. The first-order valence-electron chi connectivity index (χ1n) is 7.77. The number of nitrogens with zero attached hydrogens (tertiary/aromatic N) is 4. The lowest BCUT2D eigenvalue weighted by atomic mass is 10.1. The van der Waals surface area contributed by atoms with Crippen LogP contribution in [0, 0.1) is 6.92 Å². The van der Waals surface area contributed by atoms with E-state index in [9.17, 15) is 9.59 Å². The van der Waals surface area contributed by atoms with Crippen molar-refractivity contribution in [3.8, 4) is 0 Å². The standard InChI is InChI=1S/C17H19N5O2/c1-4-14-16(21(3)10-18-14)19-15(23)9-22-17(24)13-8-6-5-7-12(13)11(2)20-22/h5-8,10H,4,9H2,1-3H3,(H,19,23). The highest BCUT2D eigenvalue weighted by Gasteiger charge is 2.14. The summed E-state index contributed by atoms with van der Waals surface area (Å²) < 4.78 is 2.95. The second kappa shape index (κ2) is 6.27. The summed E-state index contributed by atoms with van der Waals surface area (Å²) in [5.74, 6) is 0.339. The minimum absolute atomic E-state index is 0.140. The topological polar surface area (TPSA) is 81.8 Å². The Balaban J connectivity index is 1.90. The maximum Gasteiger partial charge on any atom is 0.275 e. The van der Waals surface area contributed by atoms with Crippen molar-refractivity contribution in [2.45, 2.75) is 26.8 Å². The van der Waals surface area contributed by atoms with Crippen molar-refractivity contribution in [3.63, 3.8) is 0 Å². The van der Waals surface area contributed by atoms with Gasteiger partial charge < -0.3 is 9.88 Å². The van der Waals surface area contributed by atoms with Crippen LogP contribution < -0.4 is 10.9 Å². The second-order valence-electron chi connectivity index (χ2n) is 5.65. The molecule has 124 valence electrons. The molecule has 0 saturated carbocycles. The fourth-order valence-electron chi connectivity index (χ4n) is 2.72. The van der Waals surface area contributed by atoms with Crippen molar-refractivity contribution in [1.82, 2.24) is 19.3 Å². The van der Waals surface area contributed by atoms with E-state index in [0.29, 0.717) is 23.3 Å². The van der Waals surface area contributed by atoms with E-state index < -0.39 is 0 Å². The normalized spacial score (nSPS) is 11.0. The number of imidazole rings is 1. The van der Waals surface area contributed by atoms with Crippen LogP contribution in [-0.4, -0.2) is 25.2 Å². The predicted molar refractivity (Wildman–Crippen MR) is 92.0 cm³/mol. The Morgan fingerprint density at radius 3 is 2.67 bits per heavy atom. The first-order valence-corrected chi connectivity index (χ1v) is 7.77. The number of rotatable bonds is 4. The van der Waals surface area contributed by atoms with E-state index in [2.05, 4.69) is 15.4 Å². The Morgan fingerprint density at radius 2 is 1.96 bits per heavy atom. The number of nitrogens with one attached hydrogen (secondary N) is 1. The molecule has 0 fully saturated rings. The Bertz CT molecular complexity index is 971. The maximum absolute atomic E-state index is 12.5. The molecule has 2 aromatic heterocycles.